The van der Waals surface area contributed by atoms with Crippen molar-refractivity contribution in [3.63, 3.8) is 0 Å². The lowest BCUT2D eigenvalue weighted by atomic mass is 9.88. The van der Waals surface area contributed by atoms with Crippen LogP contribution in [0.2, 0.25) is 29.7 Å². The van der Waals surface area contributed by atoms with Gasteiger partial charge in [-0.2, -0.15) is 0 Å². The quantitative estimate of drug-likeness (QED) is 0.585. The second-order valence-electron chi connectivity index (χ2n) is 6.53. The Morgan fingerprint density at radius 3 is 2.45 bits per heavy atom. The molecule has 2 rings (SSSR count). The van der Waals surface area contributed by atoms with Crippen molar-refractivity contribution in [3.05, 3.63) is 33.3 Å². The van der Waals surface area contributed by atoms with E-state index >= 15 is 0 Å². The van der Waals surface area contributed by atoms with Crippen molar-refractivity contribution in [2.75, 3.05) is 13.7 Å². The van der Waals surface area contributed by atoms with Gasteiger partial charge in [0.2, 0.25) is 0 Å². The molecule has 0 bridgehead atoms. The zero-order chi connectivity index (χ0) is 16.7. The van der Waals surface area contributed by atoms with Gasteiger partial charge in [-0.1, -0.05) is 23.2 Å². The number of hydrogen-bond donors (Lipinski definition) is 0. The fourth-order valence-corrected chi connectivity index (χ4v) is 4.86. The molecule has 2 atom stereocenters. The summed E-state index contributed by atoms with van der Waals surface area (Å²) < 4.78 is 16.7. The second kappa shape index (κ2) is 6.13. The normalized spacial score (nSPS) is 24.8. The number of hydrogen-bond acceptors (Lipinski definition) is 4. The molecular weight excluding hydrogens is 343 g/mol. The highest BCUT2D eigenvalue weighted by atomic mass is 35.5. The largest absolute Gasteiger partial charge is 0.465 e. The molecular formula is C15H20Cl2O4Si. The number of methoxy groups -OCH3 is 1. The minimum atomic E-state index is -1.77. The summed E-state index contributed by atoms with van der Waals surface area (Å²) in [5.74, 6) is -0.505. The minimum Gasteiger partial charge on any atom is -0.465 e. The molecule has 0 radical (unpaired) electrons. The summed E-state index contributed by atoms with van der Waals surface area (Å²) in [6.07, 6.45) is -0.399. The van der Waals surface area contributed by atoms with Crippen LogP contribution >= 0.6 is 23.2 Å². The summed E-state index contributed by atoms with van der Waals surface area (Å²) in [6, 6.07) is 3.18. The van der Waals surface area contributed by atoms with Gasteiger partial charge >= 0.3 is 5.97 Å². The van der Waals surface area contributed by atoms with Crippen LogP contribution in [-0.4, -0.2) is 33.6 Å². The maximum absolute atomic E-state index is 11.8. The lowest BCUT2D eigenvalue weighted by Gasteiger charge is -2.50. The summed E-state index contributed by atoms with van der Waals surface area (Å²) in [5, 5.41) is 0.710. The Balaban J connectivity index is 2.43. The third kappa shape index (κ3) is 3.33. The molecule has 7 heteroatoms. The Hall–Kier alpha value is -0.593. The Kier molecular flexibility index (Phi) is 4.95. The molecule has 0 aromatic heterocycles. The van der Waals surface area contributed by atoms with Crippen molar-refractivity contribution in [2.24, 2.45) is 0 Å². The SMILES string of the molecule is COC(=O)c1ccc(Cl)c(C2OCC2(C)O[Si](C)(C)C)c1Cl. The van der Waals surface area contributed by atoms with Crippen molar-refractivity contribution >= 4 is 37.5 Å². The van der Waals surface area contributed by atoms with Crippen LogP contribution in [0.25, 0.3) is 0 Å². The van der Waals surface area contributed by atoms with Crippen molar-refractivity contribution in [3.8, 4) is 0 Å². The zero-order valence-corrected chi connectivity index (χ0v) is 15.8. The van der Waals surface area contributed by atoms with E-state index in [-0.39, 0.29) is 10.6 Å². The zero-order valence-electron chi connectivity index (χ0n) is 13.3. The maximum atomic E-state index is 11.8. The topological polar surface area (TPSA) is 44.8 Å². The molecule has 0 N–H and O–H groups in total. The average Bonchev–Trinajstić information content (AvgIpc) is 2.39. The molecule has 2 unspecified atom stereocenters. The van der Waals surface area contributed by atoms with Crippen molar-refractivity contribution < 1.29 is 18.7 Å². The minimum absolute atomic E-state index is 0.259. The predicted octanol–water partition coefficient (Wildman–Crippen LogP) is 4.46. The van der Waals surface area contributed by atoms with Crippen LogP contribution in [-0.2, 0) is 13.9 Å². The predicted molar refractivity (Wildman–Crippen MR) is 89.3 cm³/mol. The van der Waals surface area contributed by atoms with E-state index in [2.05, 4.69) is 19.6 Å². The van der Waals surface area contributed by atoms with E-state index in [1.54, 1.807) is 12.1 Å². The summed E-state index contributed by atoms with van der Waals surface area (Å²) in [6.45, 7) is 8.79. The van der Waals surface area contributed by atoms with Crippen molar-refractivity contribution in [1.82, 2.24) is 0 Å². The molecule has 22 heavy (non-hydrogen) atoms. The molecule has 0 saturated carbocycles. The van der Waals surface area contributed by atoms with Gasteiger partial charge in [0.25, 0.3) is 0 Å². The van der Waals surface area contributed by atoms with Gasteiger partial charge < -0.3 is 13.9 Å². The third-order valence-electron chi connectivity index (χ3n) is 3.42. The molecule has 1 fully saturated rings. The van der Waals surface area contributed by atoms with Crippen molar-refractivity contribution in [1.29, 1.82) is 0 Å². The molecule has 1 aliphatic heterocycles. The monoisotopic (exact) mass is 362 g/mol. The van der Waals surface area contributed by atoms with Crippen LogP contribution in [0.3, 0.4) is 0 Å². The van der Waals surface area contributed by atoms with E-state index < -0.39 is 26.0 Å². The lowest BCUT2D eigenvalue weighted by Crippen LogP contribution is -2.56. The maximum Gasteiger partial charge on any atom is 0.339 e. The van der Waals surface area contributed by atoms with E-state index in [0.29, 0.717) is 17.2 Å². The first-order valence-corrected chi connectivity index (χ1v) is 11.1. The molecule has 1 heterocycles. The molecule has 122 valence electrons. The fraction of sp³-hybridized carbons (Fsp3) is 0.533. The van der Waals surface area contributed by atoms with Gasteiger partial charge in [0, 0.05) is 10.6 Å². The van der Waals surface area contributed by atoms with E-state index in [0.717, 1.165) is 0 Å². The van der Waals surface area contributed by atoms with Gasteiger partial charge in [-0.25, -0.2) is 4.79 Å². The number of esters is 1. The number of halogens is 2. The first-order chi connectivity index (χ1) is 10.1. The van der Waals surface area contributed by atoms with Crippen molar-refractivity contribution in [2.45, 2.75) is 38.3 Å². The van der Waals surface area contributed by atoms with Gasteiger partial charge in [-0.15, -0.1) is 0 Å². The van der Waals surface area contributed by atoms with Crippen LogP contribution in [0.1, 0.15) is 28.9 Å². The molecule has 1 aliphatic rings. The highest BCUT2D eigenvalue weighted by Crippen LogP contribution is 2.48. The number of ether oxygens (including phenoxy) is 2. The molecule has 0 amide bonds. The summed E-state index contributed by atoms with van der Waals surface area (Å²) >= 11 is 12.7. The molecule has 1 aromatic rings. The van der Waals surface area contributed by atoms with E-state index in [1.807, 2.05) is 6.92 Å². The van der Waals surface area contributed by atoms with Crippen LogP contribution in [0.15, 0.2) is 12.1 Å². The Labute approximate surface area is 141 Å². The van der Waals surface area contributed by atoms with E-state index in [4.69, 9.17) is 37.1 Å². The average molecular weight is 363 g/mol. The van der Waals surface area contributed by atoms with Crippen LogP contribution in [0.4, 0.5) is 0 Å². The molecule has 4 nitrogen and oxygen atoms in total. The third-order valence-corrected chi connectivity index (χ3v) is 5.24. The van der Waals surface area contributed by atoms with Gasteiger partial charge in [0.05, 0.1) is 24.3 Å². The smallest absolute Gasteiger partial charge is 0.339 e. The number of carbonyl (C=O) groups is 1. The second-order valence-corrected chi connectivity index (χ2v) is 11.7. The first-order valence-electron chi connectivity index (χ1n) is 6.97. The number of carbonyl (C=O) groups excluding carboxylic acids is 1. The molecule has 0 aliphatic carbocycles. The summed E-state index contributed by atoms with van der Waals surface area (Å²) in [5.41, 5.74) is 0.361. The van der Waals surface area contributed by atoms with Gasteiger partial charge in [-0.3, -0.25) is 0 Å². The first kappa shape index (κ1) is 17.8. The van der Waals surface area contributed by atoms with Gasteiger partial charge in [0.1, 0.15) is 11.7 Å². The van der Waals surface area contributed by atoms with E-state index in [1.165, 1.54) is 7.11 Å². The van der Waals surface area contributed by atoms with Gasteiger partial charge in [-0.05, 0) is 38.7 Å². The highest BCUT2D eigenvalue weighted by Gasteiger charge is 2.50. The summed E-state index contributed by atoms with van der Waals surface area (Å²) in [7, 11) is -0.461. The molecule has 1 aromatic carbocycles. The lowest BCUT2D eigenvalue weighted by molar-refractivity contribution is -0.221. The summed E-state index contributed by atoms with van der Waals surface area (Å²) in [4.78, 5) is 11.8. The standard InChI is InChI=1S/C15H20Cl2O4Si/c1-15(21-22(3,4)5)8-20-13(15)11-10(16)7-6-9(12(11)17)14(18)19-2/h6-7,13H,8H2,1-5H3. The van der Waals surface area contributed by atoms with Crippen LogP contribution in [0, 0.1) is 0 Å². The molecule has 1 saturated heterocycles. The Morgan fingerprint density at radius 1 is 1.36 bits per heavy atom. The highest BCUT2D eigenvalue weighted by molar-refractivity contribution is 6.69. The van der Waals surface area contributed by atoms with Crippen LogP contribution in [0.5, 0.6) is 0 Å². The fourth-order valence-electron chi connectivity index (χ4n) is 2.65. The Morgan fingerprint density at radius 2 is 2.00 bits per heavy atom. The van der Waals surface area contributed by atoms with Gasteiger partial charge in [0.15, 0.2) is 8.32 Å². The number of benzene rings is 1. The Bertz CT molecular complexity index is 600. The number of rotatable bonds is 4. The molecule has 0 spiro atoms. The van der Waals surface area contributed by atoms with E-state index in [9.17, 15) is 4.79 Å². The van der Waals surface area contributed by atoms with Crippen LogP contribution < -0.4 is 0 Å².